The van der Waals surface area contributed by atoms with Gasteiger partial charge >= 0.3 is 0 Å². The molecule has 0 saturated carbocycles. The predicted molar refractivity (Wildman–Crippen MR) is 211 cm³/mol. The molecule has 14 heteroatoms. The summed E-state index contributed by atoms with van der Waals surface area (Å²) in [6.45, 7) is 15.7. The molecule has 0 radical (unpaired) electrons. The summed E-state index contributed by atoms with van der Waals surface area (Å²) in [5.74, 6) is -1.91. The number of rotatable bonds is 6. The van der Waals surface area contributed by atoms with Crippen molar-refractivity contribution < 1.29 is 24.0 Å². The Hall–Kier alpha value is -5.45. The molecule has 9 rings (SSSR count). The zero-order chi connectivity index (χ0) is 38.7. The van der Waals surface area contributed by atoms with E-state index < -0.39 is 29.7 Å². The second kappa shape index (κ2) is 14.2. The van der Waals surface area contributed by atoms with Crippen molar-refractivity contribution in [1.82, 2.24) is 20.0 Å². The first-order chi connectivity index (χ1) is 27.1. The van der Waals surface area contributed by atoms with Crippen LogP contribution in [0.2, 0.25) is 5.02 Å². The van der Waals surface area contributed by atoms with Crippen LogP contribution in [0, 0.1) is 12.0 Å². The molecule has 5 amide bonds. The molecular weight excluding hydrogens is 732 g/mol. The van der Waals surface area contributed by atoms with Crippen molar-refractivity contribution in [1.29, 1.82) is 0 Å². The SMILES string of the molecule is [C-]#[N+]c1ccc(N2CCC3(CCN(C(=O)c4cccc(N5CCN(C6CCN(c7ccc8c(c7)C(=O)N(C7CCC(=O)NC7=O)C8=O)C6)CC5)c4)C3)C2)cc1Cl. The van der Waals surface area contributed by atoms with Crippen LogP contribution in [0.5, 0.6) is 0 Å². The van der Waals surface area contributed by atoms with Crippen LogP contribution in [0.4, 0.5) is 22.7 Å². The summed E-state index contributed by atoms with van der Waals surface area (Å²) >= 11 is 6.34. The number of halogens is 1. The Morgan fingerprint density at radius 3 is 2.30 bits per heavy atom. The van der Waals surface area contributed by atoms with Crippen LogP contribution in [0.15, 0.2) is 60.7 Å². The molecule has 6 aliphatic heterocycles. The van der Waals surface area contributed by atoms with E-state index in [4.69, 9.17) is 18.2 Å². The maximum atomic E-state index is 13.8. The maximum Gasteiger partial charge on any atom is 0.262 e. The van der Waals surface area contributed by atoms with Gasteiger partial charge in [0, 0.05) is 111 Å². The van der Waals surface area contributed by atoms with E-state index >= 15 is 0 Å². The van der Waals surface area contributed by atoms with Gasteiger partial charge < -0.3 is 19.6 Å². The first-order valence-electron chi connectivity index (χ1n) is 19.5. The number of piperazine rings is 1. The molecule has 13 nitrogen and oxygen atoms in total. The Kier molecular flexibility index (Phi) is 9.21. The van der Waals surface area contributed by atoms with E-state index in [1.807, 2.05) is 41.3 Å². The van der Waals surface area contributed by atoms with Crippen molar-refractivity contribution in [2.75, 3.05) is 80.1 Å². The van der Waals surface area contributed by atoms with Gasteiger partial charge in [0.15, 0.2) is 0 Å². The average molecular weight is 775 g/mol. The van der Waals surface area contributed by atoms with Gasteiger partial charge in [0.05, 0.1) is 17.7 Å². The number of hydrogen-bond donors (Lipinski definition) is 1. The lowest BCUT2D eigenvalue weighted by Crippen LogP contribution is -2.54. The smallest absolute Gasteiger partial charge is 0.262 e. The van der Waals surface area contributed by atoms with Gasteiger partial charge in [-0.25, -0.2) is 4.85 Å². The normalized spacial score (nSPS) is 25.4. The second-order valence-electron chi connectivity index (χ2n) is 16.0. The highest BCUT2D eigenvalue weighted by Gasteiger charge is 2.46. The van der Waals surface area contributed by atoms with Gasteiger partial charge in [0.2, 0.25) is 17.5 Å². The molecule has 0 aromatic heterocycles. The summed E-state index contributed by atoms with van der Waals surface area (Å²) in [6, 6.07) is 18.4. The molecule has 3 atom stereocenters. The summed E-state index contributed by atoms with van der Waals surface area (Å²) in [5.41, 5.74) is 4.80. The fraction of sp³-hybridized carbons (Fsp3) is 0.429. The first kappa shape index (κ1) is 36.2. The van der Waals surface area contributed by atoms with Crippen LogP contribution in [0.25, 0.3) is 4.85 Å². The van der Waals surface area contributed by atoms with Crippen molar-refractivity contribution in [3.8, 4) is 0 Å². The topological polar surface area (TPSA) is 121 Å². The van der Waals surface area contributed by atoms with Gasteiger partial charge in [-0.05, 0) is 74.2 Å². The number of fused-ring (bicyclic) bond motifs is 1. The van der Waals surface area contributed by atoms with E-state index in [2.05, 4.69) is 35.8 Å². The molecule has 288 valence electrons. The highest BCUT2D eigenvalue weighted by molar-refractivity contribution is 6.33. The summed E-state index contributed by atoms with van der Waals surface area (Å²) < 4.78 is 0. The number of hydrogen-bond acceptors (Lipinski definition) is 9. The lowest BCUT2D eigenvalue weighted by Gasteiger charge is -2.39. The average Bonchev–Trinajstić information content (AvgIpc) is 4.02. The number of piperidine rings is 1. The largest absolute Gasteiger partial charge is 0.371 e. The Labute approximate surface area is 330 Å². The minimum absolute atomic E-state index is 0.0558. The Balaban J connectivity index is 0.784. The summed E-state index contributed by atoms with van der Waals surface area (Å²) in [7, 11) is 0. The van der Waals surface area contributed by atoms with E-state index in [1.54, 1.807) is 18.2 Å². The van der Waals surface area contributed by atoms with Crippen molar-refractivity contribution in [3.63, 3.8) is 0 Å². The molecular formula is C42H43ClN8O5. The third-order valence-electron chi connectivity index (χ3n) is 12.8. The van der Waals surface area contributed by atoms with Crippen LogP contribution >= 0.6 is 11.6 Å². The highest BCUT2D eigenvalue weighted by atomic mass is 35.5. The summed E-state index contributed by atoms with van der Waals surface area (Å²) in [4.78, 5) is 80.5. The van der Waals surface area contributed by atoms with Crippen LogP contribution < -0.4 is 20.0 Å². The molecule has 3 aromatic rings. The summed E-state index contributed by atoms with van der Waals surface area (Å²) in [5, 5.41) is 2.72. The predicted octanol–water partition coefficient (Wildman–Crippen LogP) is 4.44. The molecule has 6 heterocycles. The zero-order valence-corrected chi connectivity index (χ0v) is 31.8. The molecule has 0 bridgehead atoms. The maximum absolute atomic E-state index is 13.8. The number of imide groups is 2. The number of amides is 5. The number of anilines is 3. The van der Waals surface area contributed by atoms with E-state index in [-0.39, 0.29) is 24.2 Å². The third-order valence-corrected chi connectivity index (χ3v) is 13.1. The number of benzene rings is 3. The fourth-order valence-electron chi connectivity index (χ4n) is 9.67. The molecule has 0 aliphatic carbocycles. The van der Waals surface area contributed by atoms with Crippen LogP contribution in [-0.2, 0) is 9.59 Å². The number of nitrogens with one attached hydrogen (secondary N) is 1. The fourth-order valence-corrected chi connectivity index (χ4v) is 9.89. The van der Waals surface area contributed by atoms with E-state index in [0.717, 1.165) is 112 Å². The first-order valence-corrected chi connectivity index (χ1v) is 19.9. The van der Waals surface area contributed by atoms with Crippen molar-refractivity contribution >= 4 is 63.9 Å². The van der Waals surface area contributed by atoms with Gasteiger partial charge in [0.1, 0.15) is 6.04 Å². The van der Waals surface area contributed by atoms with Gasteiger partial charge in [-0.1, -0.05) is 23.7 Å². The van der Waals surface area contributed by atoms with Crippen molar-refractivity contribution in [2.24, 2.45) is 5.41 Å². The monoisotopic (exact) mass is 774 g/mol. The molecule has 56 heavy (non-hydrogen) atoms. The minimum Gasteiger partial charge on any atom is -0.371 e. The number of carbonyl (C=O) groups is 5. The molecule has 5 fully saturated rings. The quantitative estimate of drug-likeness (QED) is 0.287. The second-order valence-corrected chi connectivity index (χ2v) is 16.4. The van der Waals surface area contributed by atoms with Crippen LogP contribution in [0.1, 0.15) is 63.2 Å². The van der Waals surface area contributed by atoms with E-state index in [0.29, 0.717) is 27.9 Å². The zero-order valence-electron chi connectivity index (χ0n) is 31.1. The Bertz CT molecular complexity index is 2200. The number of nitrogens with zero attached hydrogens (tertiary/aromatic N) is 7. The molecule has 5 saturated heterocycles. The van der Waals surface area contributed by atoms with E-state index in [1.165, 1.54) is 0 Å². The lowest BCUT2D eigenvalue weighted by atomic mass is 9.86. The minimum atomic E-state index is -0.980. The van der Waals surface area contributed by atoms with Crippen molar-refractivity contribution in [3.05, 3.63) is 93.8 Å². The van der Waals surface area contributed by atoms with Gasteiger partial charge in [-0.3, -0.25) is 39.1 Å². The van der Waals surface area contributed by atoms with Crippen molar-refractivity contribution in [2.45, 2.75) is 44.2 Å². The molecule has 1 spiro atoms. The van der Waals surface area contributed by atoms with Gasteiger partial charge in [-0.2, -0.15) is 0 Å². The Morgan fingerprint density at radius 2 is 1.52 bits per heavy atom. The third kappa shape index (κ3) is 6.44. The lowest BCUT2D eigenvalue weighted by molar-refractivity contribution is -0.136. The van der Waals surface area contributed by atoms with Gasteiger partial charge in [-0.15, -0.1) is 0 Å². The Morgan fingerprint density at radius 1 is 0.768 bits per heavy atom. The number of likely N-dealkylation sites (tertiary alicyclic amines) is 1. The van der Waals surface area contributed by atoms with Gasteiger partial charge in [0.25, 0.3) is 17.7 Å². The van der Waals surface area contributed by atoms with E-state index in [9.17, 15) is 24.0 Å². The van der Waals surface area contributed by atoms with Crippen LogP contribution in [-0.4, -0.2) is 122 Å². The molecule has 3 unspecified atom stereocenters. The standard InChI is InChI=1S/C42H43ClN8O5/c1-44-35-8-6-30(23-34(35)43)49-15-12-42(25-49)13-16-50(26-42)39(54)27-3-2-4-28(21-27)46-17-19-47(20-18-46)31-11-14-48(24-31)29-5-7-32-33(22-29)41(56)51(40(32)55)36-9-10-37(52)45-38(36)53/h2-8,21-23,31,36H,9-20,24-26H2,(H,45,52,53). The molecule has 3 aromatic carbocycles. The summed E-state index contributed by atoms with van der Waals surface area (Å²) in [6.07, 6.45) is 3.18. The van der Waals surface area contributed by atoms with Crippen LogP contribution in [0.3, 0.4) is 0 Å². The highest BCUT2D eigenvalue weighted by Crippen LogP contribution is 2.43. The number of carbonyl (C=O) groups excluding carboxylic acids is 5. The molecule has 6 aliphatic rings. The molecule has 1 N–H and O–H groups in total.